The van der Waals surface area contributed by atoms with Crippen molar-refractivity contribution in [2.75, 3.05) is 5.32 Å². The lowest BCUT2D eigenvalue weighted by atomic mass is 9.87. The fraction of sp³-hybridized carbons (Fsp3) is 0.0870. The van der Waals surface area contributed by atoms with Crippen LogP contribution in [0.2, 0.25) is 0 Å². The van der Waals surface area contributed by atoms with Crippen LogP contribution in [0.3, 0.4) is 0 Å². The van der Waals surface area contributed by atoms with Crippen LogP contribution in [-0.4, -0.2) is 5.91 Å². The molecule has 8 heteroatoms. The van der Waals surface area contributed by atoms with E-state index >= 15 is 0 Å². The Bertz CT molecular complexity index is 1190. The van der Waals surface area contributed by atoms with Gasteiger partial charge in [-0.2, -0.15) is 10.5 Å². The van der Waals surface area contributed by atoms with Gasteiger partial charge < -0.3 is 14.4 Å². The summed E-state index contributed by atoms with van der Waals surface area (Å²) in [6.07, 6.45) is 0. The van der Waals surface area contributed by atoms with E-state index in [1.54, 1.807) is 84.9 Å². The number of carbonyl (C=O) groups excluding carboxylic acids is 1. The van der Waals surface area contributed by atoms with Crippen molar-refractivity contribution in [2.45, 2.75) is 5.16 Å². The van der Waals surface area contributed by atoms with Crippen LogP contribution in [0.25, 0.3) is 0 Å². The second-order valence-corrected chi connectivity index (χ2v) is 8.83. The molecular weight excluding hydrogens is 413 g/mol. The maximum Gasteiger partial charge on any atom is 0.453 e. The van der Waals surface area contributed by atoms with E-state index < -0.39 is 24.6 Å². The highest BCUT2D eigenvalue weighted by Gasteiger charge is 2.69. The van der Waals surface area contributed by atoms with Gasteiger partial charge in [-0.15, -0.1) is 0 Å². The van der Waals surface area contributed by atoms with Gasteiger partial charge in [0.1, 0.15) is 11.5 Å². The van der Waals surface area contributed by atoms with Crippen LogP contribution in [0.1, 0.15) is 5.56 Å². The van der Waals surface area contributed by atoms with Crippen molar-refractivity contribution in [3.63, 3.8) is 0 Å². The fourth-order valence-electron chi connectivity index (χ4n) is 3.60. The van der Waals surface area contributed by atoms with E-state index in [-0.39, 0.29) is 17.1 Å². The molecule has 0 fully saturated rings. The molecule has 152 valence electrons. The third-order valence-corrected chi connectivity index (χ3v) is 7.45. The Kier molecular flexibility index (Phi) is 5.21. The summed E-state index contributed by atoms with van der Waals surface area (Å²) >= 11 is 0. The number of hydrogen-bond acceptors (Lipinski definition) is 6. The number of amides is 1. The number of para-hydroxylation sites is 3. The minimum atomic E-state index is -4.58. The lowest BCUT2D eigenvalue weighted by Gasteiger charge is -2.34. The molecule has 31 heavy (non-hydrogen) atoms. The Balaban J connectivity index is 2.00. The summed E-state index contributed by atoms with van der Waals surface area (Å²) in [6.45, 7) is 0. The first-order valence-corrected chi connectivity index (χ1v) is 10.9. The maximum atomic E-state index is 14.6. The second-order valence-electron chi connectivity index (χ2n) is 6.76. The van der Waals surface area contributed by atoms with E-state index in [2.05, 4.69) is 5.32 Å². The molecule has 0 saturated heterocycles. The van der Waals surface area contributed by atoms with Gasteiger partial charge >= 0.3 is 7.60 Å². The molecule has 1 atom stereocenters. The SMILES string of the molecule is N#CC(C#N)C1(P(=O)(Oc2ccccc2)Oc2ccccc2)C(=O)Nc2ccccc21. The summed E-state index contributed by atoms with van der Waals surface area (Å²) in [5.74, 6) is -2.09. The van der Waals surface area contributed by atoms with Gasteiger partial charge in [-0.05, 0) is 30.3 Å². The van der Waals surface area contributed by atoms with Crippen molar-refractivity contribution in [3.8, 4) is 23.6 Å². The molecule has 4 rings (SSSR count). The van der Waals surface area contributed by atoms with Crippen LogP contribution < -0.4 is 14.4 Å². The topological polar surface area (TPSA) is 112 Å². The number of nitrogens with one attached hydrogen (secondary N) is 1. The van der Waals surface area contributed by atoms with Crippen molar-refractivity contribution >= 4 is 19.2 Å². The molecule has 1 heterocycles. The summed E-state index contributed by atoms with van der Waals surface area (Å²) < 4.78 is 26.4. The Hall–Kier alpha value is -4.06. The van der Waals surface area contributed by atoms with Gasteiger partial charge in [0.25, 0.3) is 5.91 Å². The zero-order valence-electron chi connectivity index (χ0n) is 16.1. The first kappa shape index (κ1) is 20.2. The lowest BCUT2D eigenvalue weighted by molar-refractivity contribution is -0.119. The van der Waals surface area contributed by atoms with Gasteiger partial charge in [0.05, 0.1) is 12.1 Å². The largest absolute Gasteiger partial charge is 0.453 e. The smallest absolute Gasteiger partial charge is 0.415 e. The van der Waals surface area contributed by atoms with Gasteiger partial charge in [0, 0.05) is 11.3 Å². The zero-order valence-corrected chi connectivity index (χ0v) is 17.0. The number of nitrogens with zero attached hydrogens (tertiary/aromatic N) is 2. The minimum absolute atomic E-state index is 0.174. The molecule has 0 saturated carbocycles. The number of carbonyl (C=O) groups is 1. The summed E-state index contributed by atoms with van der Waals surface area (Å²) in [5.41, 5.74) is 0.555. The molecule has 3 aromatic carbocycles. The highest BCUT2D eigenvalue weighted by atomic mass is 31.2. The van der Waals surface area contributed by atoms with Gasteiger partial charge in [0.2, 0.25) is 5.16 Å². The van der Waals surface area contributed by atoms with Gasteiger partial charge in [-0.25, -0.2) is 4.57 Å². The van der Waals surface area contributed by atoms with Crippen molar-refractivity contribution < 1.29 is 18.4 Å². The normalized spacial score (nSPS) is 17.2. The number of anilines is 1. The van der Waals surface area contributed by atoms with Crippen LogP contribution in [-0.2, 0) is 14.5 Å². The highest BCUT2D eigenvalue weighted by molar-refractivity contribution is 7.57. The second kappa shape index (κ2) is 7.99. The van der Waals surface area contributed by atoms with Crippen molar-refractivity contribution in [2.24, 2.45) is 5.92 Å². The average Bonchev–Trinajstić information content (AvgIpc) is 3.09. The van der Waals surface area contributed by atoms with E-state index in [0.717, 1.165) is 0 Å². The van der Waals surface area contributed by atoms with Crippen LogP contribution in [0.15, 0.2) is 84.9 Å². The predicted molar refractivity (Wildman–Crippen MR) is 113 cm³/mol. The number of hydrogen-bond donors (Lipinski definition) is 1. The lowest BCUT2D eigenvalue weighted by Crippen LogP contribution is -2.43. The molecule has 1 aliphatic rings. The third-order valence-electron chi connectivity index (χ3n) is 4.98. The third kappa shape index (κ3) is 3.22. The highest BCUT2D eigenvalue weighted by Crippen LogP contribution is 2.69. The van der Waals surface area contributed by atoms with Gasteiger partial charge in [-0.3, -0.25) is 4.79 Å². The van der Waals surface area contributed by atoms with Crippen LogP contribution in [0.5, 0.6) is 11.5 Å². The van der Waals surface area contributed by atoms with Crippen molar-refractivity contribution in [1.29, 1.82) is 10.5 Å². The predicted octanol–water partition coefficient (Wildman–Crippen LogP) is 4.85. The summed E-state index contributed by atoms with van der Waals surface area (Å²) in [5, 5.41) is 20.1. The van der Waals surface area contributed by atoms with Crippen molar-refractivity contribution in [3.05, 3.63) is 90.5 Å². The van der Waals surface area contributed by atoms with Crippen molar-refractivity contribution in [1.82, 2.24) is 0 Å². The standard InChI is InChI=1S/C23H16N3O4P/c24-15-17(16-25)23(20-13-7-8-14-21(20)26-22(23)27)31(28,29-18-9-3-1-4-10-18)30-19-11-5-2-6-12-19/h1-14,17H,(H,26,27). The van der Waals surface area contributed by atoms with Crippen LogP contribution in [0.4, 0.5) is 5.69 Å². The summed E-state index contributed by atoms with van der Waals surface area (Å²) in [6, 6.07) is 26.5. The molecule has 0 aromatic heterocycles. The van der Waals surface area contributed by atoms with Gasteiger partial charge in [-0.1, -0.05) is 54.6 Å². The Labute approximate surface area is 179 Å². The Morgan fingerprint density at radius 1 is 0.806 bits per heavy atom. The van der Waals surface area contributed by atoms with Crippen LogP contribution in [0, 0.1) is 28.6 Å². The molecule has 0 spiro atoms. The molecule has 3 aromatic rings. The fourth-order valence-corrected chi connectivity index (χ4v) is 5.95. The molecule has 0 aliphatic carbocycles. The van der Waals surface area contributed by atoms with E-state index in [1.165, 1.54) is 0 Å². The van der Waals surface area contributed by atoms with E-state index in [4.69, 9.17) is 9.05 Å². The molecule has 1 aliphatic heterocycles. The Morgan fingerprint density at radius 3 is 1.81 bits per heavy atom. The molecule has 0 bridgehead atoms. The number of nitriles is 2. The molecular formula is C23H16N3O4P. The number of rotatable bonds is 6. The van der Waals surface area contributed by atoms with E-state index in [0.29, 0.717) is 5.69 Å². The number of benzene rings is 3. The van der Waals surface area contributed by atoms with E-state index in [1.807, 2.05) is 12.1 Å². The first-order chi connectivity index (χ1) is 15.0. The zero-order chi connectivity index (χ0) is 21.9. The molecule has 1 amide bonds. The molecule has 1 unspecified atom stereocenters. The Morgan fingerprint density at radius 2 is 1.29 bits per heavy atom. The first-order valence-electron chi connectivity index (χ1n) is 9.35. The molecule has 7 nitrogen and oxygen atoms in total. The molecule has 0 radical (unpaired) electrons. The molecule has 1 N–H and O–H groups in total. The van der Waals surface area contributed by atoms with Crippen LogP contribution >= 0.6 is 7.60 Å². The maximum absolute atomic E-state index is 14.6. The quantitative estimate of drug-likeness (QED) is 0.561. The average molecular weight is 429 g/mol. The summed E-state index contributed by atoms with van der Waals surface area (Å²) in [4.78, 5) is 13.4. The summed E-state index contributed by atoms with van der Waals surface area (Å²) in [7, 11) is -4.58. The van der Waals surface area contributed by atoms with Gasteiger partial charge in [0.15, 0.2) is 5.92 Å². The minimum Gasteiger partial charge on any atom is -0.415 e. The number of fused-ring (bicyclic) bond motifs is 1. The monoisotopic (exact) mass is 429 g/mol. The van der Waals surface area contributed by atoms with E-state index in [9.17, 15) is 19.9 Å².